The summed E-state index contributed by atoms with van der Waals surface area (Å²) in [6.07, 6.45) is 3.83. The second-order valence-corrected chi connectivity index (χ2v) is 5.13. The molecule has 0 radical (unpaired) electrons. The predicted molar refractivity (Wildman–Crippen MR) is 77.5 cm³/mol. The Morgan fingerprint density at radius 1 is 1.62 bits per heavy atom. The first kappa shape index (κ1) is 15.2. The Morgan fingerprint density at radius 3 is 2.95 bits per heavy atom. The van der Waals surface area contributed by atoms with Gasteiger partial charge in [-0.3, -0.25) is 4.79 Å². The molecule has 1 fully saturated rings. The number of aromatic nitrogens is 2. The Balaban J connectivity index is 2.11. The van der Waals surface area contributed by atoms with Crippen LogP contribution in [0.15, 0.2) is 28.7 Å². The lowest BCUT2D eigenvalue weighted by Gasteiger charge is -2.18. The maximum Gasteiger partial charge on any atom is 0.328 e. The van der Waals surface area contributed by atoms with Gasteiger partial charge in [0.25, 0.3) is 5.56 Å². The number of hydrogen-bond acceptors (Lipinski definition) is 5. The van der Waals surface area contributed by atoms with E-state index in [0.29, 0.717) is 5.57 Å². The SMILES string of the molecule is COC1CCN(c2cnn(CC(C)=CC(=O)O)c(=O)c2)C1. The highest BCUT2D eigenvalue weighted by Crippen LogP contribution is 2.19. The summed E-state index contributed by atoms with van der Waals surface area (Å²) in [6, 6.07) is 1.53. The Kier molecular flexibility index (Phi) is 4.74. The van der Waals surface area contributed by atoms with Gasteiger partial charge < -0.3 is 14.7 Å². The van der Waals surface area contributed by atoms with Crippen LogP contribution < -0.4 is 10.5 Å². The monoisotopic (exact) mass is 293 g/mol. The first-order chi connectivity index (χ1) is 9.99. The molecule has 0 aromatic carbocycles. The molecule has 2 rings (SSSR count). The Morgan fingerprint density at radius 2 is 2.38 bits per heavy atom. The van der Waals surface area contributed by atoms with Gasteiger partial charge in [0.15, 0.2) is 0 Å². The van der Waals surface area contributed by atoms with E-state index in [1.807, 2.05) is 0 Å². The molecule has 1 aliphatic heterocycles. The summed E-state index contributed by atoms with van der Waals surface area (Å²) in [5.41, 5.74) is 1.09. The molecule has 7 heteroatoms. The van der Waals surface area contributed by atoms with Crippen molar-refractivity contribution < 1.29 is 14.6 Å². The number of aliphatic carboxylic acids is 1. The lowest BCUT2D eigenvalue weighted by atomic mass is 10.3. The van der Waals surface area contributed by atoms with Crippen molar-refractivity contribution in [2.24, 2.45) is 0 Å². The summed E-state index contributed by atoms with van der Waals surface area (Å²) in [5, 5.41) is 12.8. The van der Waals surface area contributed by atoms with Crippen LogP contribution in [0, 0.1) is 0 Å². The van der Waals surface area contributed by atoms with Crippen LogP contribution >= 0.6 is 0 Å². The maximum absolute atomic E-state index is 12.0. The van der Waals surface area contributed by atoms with E-state index in [4.69, 9.17) is 9.84 Å². The predicted octanol–water partition coefficient (Wildman–Crippen LogP) is 0.499. The molecular weight excluding hydrogens is 274 g/mol. The summed E-state index contributed by atoms with van der Waals surface area (Å²) in [7, 11) is 1.68. The maximum atomic E-state index is 12.0. The van der Waals surface area contributed by atoms with Gasteiger partial charge in [-0.25, -0.2) is 9.48 Å². The molecule has 1 aromatic heterocycles. The highest BCUT2D eigenvalue weighted by Gasteiger charge is 2.22. The average Bonchev–Trinajstić information content (AvgIpc) is 2.89. The van der Waals surface area contributed by atoms with Crippen LogP contribution in [0.2, 0.25) is 0 Å². The highest BCUT2D eigenvalue weighted by molar-refractivity contribution is 5.80. The number of nitrogens with zero attached hydrogens (tertiary/aromatic N) is 3. The van der Waals surface area contributed by atoms with Gasteiger partial charge in [0.1, 0.15) is 0 Å². The fourth-order valence-electron chi connectivity index (χ4n) is 2.36. The molecule has 1 atom stereocenters. The number of rotatable bonds is 5. The zero-order valence-electron chi connectivity index (χ0n) is 12.2. The van der Waals surface area contributed by atoms with Gasteiger partial charge >= 0.3 is 5.97 Å². The molecule has 0 bridgehead atoms. The fraction of sp³-hybridized carbons (Fsp3) is 0.500. The standard InChI is InChI=1S/C14H19N3O4/c1-10(5-14(19)20)8-17-13(18)6-11(7-15-17)16-4-3-12(9-16)21-2/h5-7,12H,3-4,8-9H2,1-2H3,(H,19,20). The third-order valence-corrected chi connectivity index (χ3v) is 3.47. The van der Waals surface area contributed by atoms with Crippen LogP contribution in [0.1, 0.15) is 13.3 Å². The normalized spacial score (nSPS) is 19.0. The first-order valence-corrected chi connectivity index (χ1v) is 6.74. The number of hydrogen-bond donors (Lipinski definition) is 1. The summed E-state index contributed by atoms with van der Waals surface area (Å²) in [6.45, 7) is 3.41. The molecule has 114 valence electrons. The topological polar surface area (TPSA) is 84.7 Å². The van der Waals surface area contributed by atoms with E-state index >= 15 is 0 Å². The number of carbonyl (C=O) groups is 1. The van der Waals surface area contributed by atoms with Gasteiger partial charge in [-0.15, -0.1) is 0 Å². The van der Waals surface area contributed by atoms with E-state index in [9.17, 15) is 9.59 Å². The molecule has 21 heavy (non-hydrogen) atoms. The molecule has 2 heterocycles. The quantitative estimate of drug-likeness (QED) is 0.796. The molecule has 7 nitrogen and oxygen atoms in total. The number of anilines is 1. The first-order valence-electron chi connectivity index (χ1n) is 6.74. The molecule has 0 saturated carbocycles. The molecule has 1 aromatic rings. The summed E-state index contributed by atoms with van der Waals surface area (Å²) in [4.78, 5) is 24.7. The summed E-state index contributed by atoms with van der Waals surface area (Å²) < 4.78 is 6.55. The van der Waals surface area contributed by atoms with Crippen molar-refractivity contribution in [3.8, 4) is 0 Å². The third kappa shape index (κ3) is 3.91. The second-order valence-electron chi connectivity index (χ2n) is 5.13. The molecule has 1 saturated heterocycles. The van der Waals surface area contributed by atoms with Crippen LogP contribution in [0.3, 0.4) is 0 Å². The smallest absolute Gasteiger partial charge is 0.328 e. The van der Waals surface area contributed by atoms with E-state index in [-0.39, 0.29) is 18.2 Å². The minimum Gasteiger partial charge on any atom is -0.478 e. The number of carboxylic acid groups (broad SMARTS) is 1. The van der Waals surface area contributed by atoms with Crippen LogP contribution in [0.5, 0.6) is 0 Å². The Bertz CT molecular complexity index is 608. The summed E-state index contributed by atoms with van der Waals surface area (Å²) in [5.74, 6) is -1.03. The minimum absolute atomic E-state index is 0.173. The van der Waals surface area contributed by atoms with Gasteiger partial charge in [-0.1, -0.05) is 0 Å². The Hall–Kier alpha value is -2.15. The zero-order chi connectivity index (χ0) is 15.4. The zero-order valence-corrected chi connectivity index (χ0v) is 12.2. The van der Waals surface area contributed by atoms with Crippen LogP contribution in [-0.2, 0) is 16.1 Å². The van der Waals surface area contributed by atoms with Gasteiger partial charge in [0.2, 0.25) is 0 Å². The molecule has 1 unspecified atom stereocenters. The molecule has 1 aliphatic rings. The minimum atomic E-state index is -1.03. The van der Waals surface area contributed by atoms with Crippen molar-refractivity contribution >= 4 is 11.7 Å². The largest absolute Gasteiger partial charge is 0.478 e. The molecule has 0 amide bonds. The fourth-order valence-corrected chi connectivity index (χ4v) is 2.36. The number of ether oxygens (including phenoxy) is 1. The molecule has 1 N–H and O–H groups in total. The lowest BCUT2D eigenvalue weighted by molar-refractivity contribution is -0.131. The number of carboxylic acids is 1. The van der Waals surface area contributed by atoms with Crippen molar-refractivity contribution in [2.45, 2.75) is 26.0 Å². The second kappa shape index (κ2) is 6.53. The third-order valence-electron chi connectivity index (χ3n) is 3.47. The van der Waals surface area contributed by atoms with Gasteiger partial charge in [-0.2, -0.15) is 5.10 Å². The molecule has 0 spiro atoms. The highest BCUT2D eigenvalue weighted by atomic mass is 16.5. The van der Waals surface area contributed by atoms with Crippen LogP contribution in [0.25, 0.3) is 0 Å². The van der Waals surface area contributed by atoms with Gasteiger partial charge in [0, 0.05) is 32.3 Å². The van der Waals surface area contributed by atoms with Crippen molar-refractivity contribution in [3.05, 3.63) is 34.3 Å². The van der Waals surface area contributed by atoms with E-state index in [1.165, 1.54) is 10.7 Å². The van der Waals surface area contributed by atoms with E-state index < -0.39 is 5.97 Å². The van der Waals surface area contributed by atoms with E-state index in [2.05, 4.69) is 10.00 Å². The van der Waals surface area contributed by atoms with Crippen LogP contribution in [0.4, 0.5) is 5.69 Å². The van der Waals surface area contributed by atoms with Crippen molar-refractivity contribution in [1.29, 1.82) is 0 Å². The number of allylic oxidation sites excluding steroid dienone is 1. The van der Waals surface area contributed by atoms with Gasteiger partial charge in [-0.05, 0) is 18.9 Å². The Labute approximate surface area is 122 Å². The van der Waals surface area contributed by atoms with E-state index in [1.54, 1.807) is 20.2 Å². The molecule has 0 aliphatic carbocycles. The molecular formula is C14H19N3O4. The van der Waals surface area contributed by atoms with E-state index in [0.717, 1.165) is 31.3 Å². The van der Waals surface area contributed by atoms with Gasteiger partial charge in [0.05, 0.1) is 24.5 Å². The summed E-state index contributed by atoms with van der Waals surface area (Å²) >= 11 is 0. The number of methoxy groups -OCH3 is 1. The van der Waals surface area contributed by atoms with Crippen molar-refractivity contribution in [3.63, 3.8) is 0 Å². The van der Waals surface area contributed by atoms with Crippen LogP contribution in [-0.4, -0.2) is 47.2 Å². The van der Waals surface area contributed by atoms with Crippen molar-refractivity contribution in [1.82, 2.24) is 9.78 Å². The average molecular weight is 293 g/mol. The lowest BCUT2D eigenvalue weighted by Crippen LogP contribution is -2.27. The van der Waals surface area contributed by atoms with Crippen molar-refractivity contribution in [2.75, 3.05) is 25.1 Å².